The van der Waals surface area contributed by atoms with Gasteiger partial charge in [0.15, 0.2) is 0 Å². The number of fused-ring (bicyclic) bond motifs is 1. The Morgan fingerprint density at radius 3 is 2.33 bits per heavy atom. The van der Waals surface area contributed by atoms with Gasteiger partial charge < -0.3 is 14.8 Å². The van der Waals surface area contributed by atoms with Crippen molar-refractivity contribution < 1.29 is 18.8 Å². The molecule has 5 rings (SSSR count). The Kier molecular flexibility index (Phi) is 5.70. The van der Waals surface area contributed by atoms with Crippen LogP contribution in [0.1, 0.15) is 45.5 Å². The summed E-state index contributed by atoms with van der Waals surface area (Å²) in [6.07, 6.45) is 5.27. The van der Waals surface area contributed by atoms with Crippen LogP contribution < -0.4 is 0 Å². The monoisotopic (exact) mass is 447 g/mol. The smallest absolute Gasteiger partial charge is 0.294 e. The molecule has 0 saturated carbocycles. The number of aromatic nitrogens is 1. The number of aromatic amines is 1. The molecule has 0 bridgehead atoms. The summed E-state index contributed by atoms with van der Waals surface area (Å²) in [5, 5.41) is 0.663. The maximum Gasteiger partial charge on any atom is 0.294 e. The lowest BCUT2D eigenvalue weighted by Crippen LogP contribution is -2.45. The van der Waals surface area contributed by atoms with E-state index in [1.807, 2.05) is 17.0 Å². The van der Waals surface area contributed by atoms with Crippen molar-refractivity contribution in [2.45, 2.75) is 25.7 Å². The molecule has 0 spiro atoms. The summed E-state index contributed by atoms with van der Waals surface area (Å²) < 4.78 is 13.1. The highest BCUT2D eigenvalue weighted by molar-refractivity contribution is 6.43. The highest BCUT2D eigenvalue weighted by Gasteiger charge is 2.29. The molecule has 7 heteroatoms. The zero-order valence-corrected chi connectivity index (χ0v) is 18.4. The first-order valence-electron chi connectivity index (χ1n) is 11.5. The van der Waals surface area contributed by atoms with Gasteiger partial charge >= 0.3 is 0 Å². The zero-order chi connectivity index (χ0) is 22.9. The Bertz CT molecular complexity index is 1210. The second kappa shape index (κ2) is 8.81. The molecule has 33 heavy (non-hydrogen) atoms. The van der Waals surface area contributed by atoms with E-state index in [1.54, 1.807) is 29.3 Å². The number of hydrogen-bond donors (Lipinski definition) is 1. The molecule has 0 radical (unpaired) electrons. The lowest BCUT2D eigenvalue weighted by molar-refractivity contribution is -0.129. The van der Waals surface area contributed by atoms with Gasteiger partial charge in [0.2, 0.25) is 5.78 Å². The zero-order valence-electron chi connectivity index (χ0n) is 18.4. The van der Waals surface area contributed by atoms with Crippen molar-refractivity contribution in [2.75, 3.05) is 26.2 Å². The molecule has 2 fully saturated rings. The maximum atomic E-state index is 13.3. The highest BCUT2D eigenvalue weighted by Crippen LogP contribution is 2.26. The fourth-order valence-electron chi connectivity index (χ4n) is 4.69. The number of piperidine rings is 1. The summed E-state index contributed by atoms with van der Waals surface area (Å²) in [6, 6.07) is 11.7. The molecule has 2 aliphatic rings. The Balaban J connectivity index is 1.27. The summed E-state index contributed by atoms with van der Waals surface area (Å²) >= 11 is 0. The van der Waals surface area contributed by atoms with Gasteiger partial charge in [-0.3, -0.25) is 14.4 Å². The van der Waals surface area contributed by atoms with Gasteiger partial charge in [-0.2, -0.15) is 0 Å². The summed E-state index contributed by atoms with van der Waals surface area (Å²) in [5.41, 5.74) is 2.71. The van der Waals surface area contributed by atoms with Crippen molar-refractivity contribution in [3.05, 3.63) is 71.2 Å². The van der Waals surface area contributed by atoms with Gasteiger partial charge in [-0.1, -0.05) is 12.1 Å². The van der Waals surface area contributed by atoms with E-state index in [4.69, 9.17) is 0 Å². The molecule has 1 N–H and O–H groups in total. The van der Waals surface area contributed by atoms with Crippen LogP contribution in [0, 0.1) is 11.7 Å². The van der Waals surface area contributed by atoms with Gasteiger partial charge in [0.05, 0.1) is 5.56 Å². The molecule has 2 saturated heterocycles. The third-order valence-corrected chi connectivity index (χ3v) is 6.85. The maximum absolute atomic E-state index is 13.3. The standard InChI is InChI=1S/C26H26FN3O3/c27-20-5-2-17(3-6-20)14-18-8-12-30(13-9-18)25(32)22-16-28-23-7-4-19(15-21(22)23)24(31)26(33)29-10-1-11-29/h2-7,15-16,18,28H,1,8-14H2. The van der Waals surface area contributed by atoms with Crippen LogP contribution >= 0.6 is 0 Å². The molecule has 3 heterocycles. The summed E-state index contributed by atoms with van der Waals surface area (Å²) in [5.74, 6) is -0.850. The quantitative estimate of drug-likeness (QED) is 0.477. The van der Waals surface area contributed by atoms with Gasteiger partial charge in [0.25, 0.3) is 11.8 Å². The van der Waals surface area contributed by atoms with Crippen LogP contribution in [-0.2, 0) is 11.2 Å². The van der Waals surface area contributed by atoms with Crippen molar-refractivity contribution in [1.82, 2.24) is 14.8 Å². The number of likely N-dealkylation sites (tertiary alicyclic amines) is 2. The lowest BCUT2D eigenvalue weighted by atomic mass is 9.90. The molecule has 2 aliphatic heterocycles. The number of amides is 2. The predicted octanol–water partition coefficient (Wildman–Crippen LogP) is 3.82. The minimum Gasteiger partial charge on any atom is -0.360 e. The van der Waals surface area contributed by atoms with Gasteiger partial charge in [0, 0.05) is 48.8 Å². The van der Waals surface area contributed by atoms with E-state index in [0.717, 1.165) is 36.8 Å². The molecule has 0 unspecified atom stereocenters. The van der Waals surface area contributed by atoms with Crippen molar-refractivity contribution in [3.63, 3.8) is 0 Å². The van der Waals surface area contributed by atoms with Crippen LogP contribution in [0.15, 0.2) is 48.7 Å². The van der Waals surface area contributed by atoms with Gasteiger partial charge in [0.1, 0.15) is 5.82 Å². The minimum atomic E-state index is -0.530. The van der Waals surface area contributed by atoms with Crippen LogP contribution in [0.5, 0.6) is 0 Å². The fraction of sp³-hybridized carbons (Fsp3) is 0.346. The number of nitrogens with zero attached hydrogens (tertiary/aromatic N) is 2. The first-order chi connectivity index (χ1) is 16.0. The molecule has 170 valence electrons. The molecule has 2 amide bonds. The first-order valence-corrected chi connectivity index (χ1v) is 11.5. The normalized spacial score (nSPS) is 16.6. The third-order valence-electron chi connectivity index (χ3n) is 6.85. The number of Topliss-reactive ketones (excluding diaryl/α,β-unsaturated/α-hetero) is 1. The SMILES string of the molecule is O=C(C(=O)N1CCC1)c1ccc2[nH]cc(C(=O)N3CCC(Cc4ccc(F)cc4)CC3)c2c1. The molecular formula is C26H26FN3O3. The molecule has 1 aromatic heterocycles. The van der Waals surface area contributed by atoms with Crippen LogP contribution in [0.25, 0.3) is 10.9 Å². The Morgan fingerprint density at radius 1 is 0.939 bits per heavy atom. The largest absolute Gasteiger partial charge is 0.360 e. The predicted molar refractivity (Wildman–Crippen MR) is 123 cm³/mol. The molecule has 2 aromatic carbocycles. The van der Waals surface area contributed by atoms with Crippen LogP contribution in [-0.4, -0.2) is 58.6 Å². The number of ketones is 1. The van der Waals surface area contributed by atoms with Gasteiger partial charge in [-0.25, -0.2) is 4.39 Å². The average Bonchev–Trinajstić information content (AvgIpc) is 3.22. The van der Waals surface area contributed by atoms with E-state index >= 15 is 0 Å². The topological polar surface area (TPSA) is 73.5 Å². The fourth-order valence-corrected chi connectivity index (χ4v) is 4.69. The number of nitrogens with one attached hydrogen (secondary N) is 1. The summed E-state index contributed by atoms with van der Waals surface area (Å²) in [4.78, 5) is 44.7. The van der Waals surface area contributed by atoms with E-state index in [1.165, 1.54) is 12.1 Å². The number of carbonyl (C=O) groups is 3. The van der Waals surface area contributed by atoms with Crippen LogP contribution in [0.2, 0.25) is 0 Å². The van der Waals surface area contributed by atoms with E-state index in [2.05, 4.69) is 4.98 Å². The number of halogens is 1. The average molecular weight is 448 g/mol. The second-order valence-corrected chi connectivity index (χ2v) is 9.00. The summed E-state index contributed by atoms with van der Waals surface area (Å²) in [6.45, 7) is 2.56. The molecular weight excluding hydrogens is 421 g/mol. The highest BCUT2D eigenvalue weighted by atomic mass is 19.1. The molecule has 3 aromatic rings. The number of benzene rings is 2. The Labute approximate surface area is 191 Å². The van der Waals surface area contributed by atoms with Crippen molar-refractivity contribution in [2.24, 2.45) is 5.92 Å². The lowest BCUT2D eigenvalue weighted by Gasteiger charge is -2.32. The Morgan fingerprint density at radius 2 is 1.67 bits per heavy atom. The van der Waals surface area contributed by atoms with Crippen LogP contribution in [0.3, 0.4) is 0 Å². The third kappa shape index (κ3) is 4.27. The van der Waals surface area contributed by atoms with E-state index < -0.39 is 11.7 Å². The van der Waals surface area contributed by atoms with E-state index in [0.29, 0.717) is 48.6 Å². The van der Waals surface area contributed by atoms with E-state index in [9.17, 15) is 18.8 Å². The van der Waals surface area contributed by atoms with Crippen LogP contribution in [0.4, 0.5) is 4.39 Å². The second-order valence-electron chi connectivity index (χ2n) is 9.00. The summed E-state index contributed by atoms with van der Waals surface area (Å²) in [7, 11) is 0. The first kappa shape index (κ1) is 21.4. The Hall–Kier alpha value is -3.48. The van der Waals surface area contributed by atoms with Crippen molar-refractivity contribution >= 4 is 28.5 Å². The number of rotatable bonds is 5. The molecule has 6 nitrogen and oxygen atoms in total. The minimum absolute atomic E-state index is 0.0693. The van der Waals surface area contributed by atoms with Crippen molar-refractivity contribution in [3.8, 4) is 0 Å². The number of carbonyl (C=O) groups excluding carboxylic acids is 3. The number of H-pyrrole nitrogens is 1. The van der Waals surface area contributed by atoms with Crippen molar-refractivity contribution in [1.29, 1.82) is 0 Å². The van der Waals surface area contributed by atoms with Gasteiger partial charge in [-0.05, 0) is 67.5 Å². The van der Waals surface area contributed by atoms with E-state index in [-0.39, 0.29) is 11.7 Å². The van der Waals surface area contributed by atoms with Gasteiger partial charge in [-0.15, -0.1) is 0 Å². The molecule has 0 aliphatic carbocycles. The molecule has 0 atom stereocenters. The number of hydrogen-bond acceptors (Lipinski definition) is 3.